The van der Waals surface area contributed by atoms with Gasteiger partial charge < -0.3 is 29.1 Å². The van der Waals surface area contributed by atoms with Gasteiger partial charge in [0.1, 0.15) is 11.9 Å². The van der Waals surface area contributed by atoms with Crippen LogP contribution in [0.5, 0.6) is 0 Å². The van der Waals surface area contributed by atoms with E-state index in [1.165, 1.54) is 23.1 Å². The van der Waals surface area contributed by atoms with Gasteiger partial charge >= 0.3 is 0 Å². The van der Waals surface area contributed by atoms with E-state index in [0.717, 1.165) is 0 Å². The number of β-amino-alcohol motifs (C(OH)–C–C–N with tert-alkyl or cyclic N) is 1. The highest BCUT2D eigenvalue weighted by molar-refractivity contribution is 5.94. The van der Waals surface area contributed by atoms with E-state index in [0.29, 0.717) is 39.1 Å². The molecule has 3 fully saturated rings. The predicted octanol–water partition coefficient (Wildman–Crippen LogP) is 0.824. The fraction of sp³-hybridized carbons (Fsp3) is 0.636. The molecule has 3 heterocycles. The minimum absolute atomic E-state index is 0.0282. The van der Waals surface area contributed by atoms with E-state index in [9.17, 15) is 19.1 Å². The number of halogens is 1. The minimum atomic E-state index is -0.864. The van der Waals surface area contributed by atoms with Crippen LogP contribution in [-0.4, -0.2) is 97.1 Å². The van der Waals surface area contributed by atoms with Gasteiger partial charge in [0, 0.05) is 19.6 Å². The number of hydrogen-bond donors (Lipinski definition) is 1. The van der Waals surface area contributed by atoms with Crippen molar-refractivity contribution >= 4 is 11.8 Å². The van der Waals surface area contributed by atoms with Crippen molar-refractivity contribution in [2.24, 2.45) is 0 Å². The molecule has 31 heavy (non-hydrogen) atoms. The number of carbonyl (C=O) groups excluding carboxylic acids is 2. The molecule has 1 aromatic carbocycles. The number of rotatable bonds is 3. The molecule has 4 rings (SSSR count). The molecule has 8 nitrogen and oxygen atoms in total. The Morgan fingerprint density at radius 3 is 2.65 bits per heavy atom. The number of carbonyl (C=O) groups is 2. The summed E-state index contributed by atoms with van der Waals surface area (Å²) in [6.07, 6.45) is -0.129. The number of hydrogen-bond acceptors (Lipinski definition) is 6. The molecule has 2 amide bonds. The molecule has 0 aliphatic carbocycles. The van der Waals surface area contributed by atoms with Gasteiger partial charge in [-0.1, -0.05) is 12.1 Å². The van der Waals surface area contributed by atoms with Crippen molar-refractivity contribution in [1.29, 1.82) is 0 Å². The molecule has 3 aliphatic rings. The molecule has 1 aromatic rings. The fourth-order valence-electron chi connectivity index (χ4n) is 4.50. The molecule has 9 heteroatoms. The van der Waals surface area contributed by atoms with Crippen molar-refractivity contribution in [1.82, 2.24) is 9.80 Å². The zero-order valence-corrected chi connectivity index (χ0v) is 17.5. The molecule has 0 bridgehead atoms. The molecule has 0 spiro atoms. The molecule has 0 saturated carbocycles. The average molecular weight is 436 g/mol. The maximum atomic E-state index is 14.3. The number of morpholine rings is 1. The maximum Gasteiger partial charge on any atom is 0.257 e. The highest BCUT2D eigenvalue weighted by Gasteiger charge is 2.41. The first-order chi connectivity index (χ1) is 15.0. The van der Waals surface area contributed by atoms with Crippen molar-refractivity contribution in [2.75, 3.05) is 46.1 Å². The van der Waals surface area contributed by atoms with Crippen LogP contribution in [0.25, 0.3) is 0 Å². The van der Waals surface area contributed by atoms with E-state index < -0.39 is 23.9 Å². The summed E-state index contributed by atoms with van der Waals surface area (Å²) < 4.78 is 31.3. The second-order valence-corrected chi connectivity index (χ2v) is 8.27. The third-order valence-electron chi connectivity index (χ3n) is 6.11. The molecule has 0 aromatic heterocycles. The number of aliphatic hydroxyl groups is 1. The van der Waals surface area contributed by atoms with Crippen LogP contribution in [0.4, 0.5) is 4.39 Å². The van der Waals surface area contributed by atoms with Crippen LogP contribution in [0.2, 0.25) is 0 Å². The van der Waals surface area contributed by atoms with Crippen LogP contribution in [-0.2, 0) is 19.0 Å². The first-order valence-electron chi connectivity index (χ1n) is 10.8. The summed E-state index contributed by atoms with van der Waals surface area (Å²) in [6.45, 7) is 2.56. The topological polar surface area (TPSA) is 88.5 Å². The zero-order chi connectivity index (χ0) is 21.8. The Kier molecular flexibility index (Phi) is 7.16. The maximum absolute atomic E-state index is 14.3. The number of amides is 2. The summed E-state index contributed by atoms with van der Waals surface area (Å²) >= 11 is 0. The predicted molar refractivity (Wildman–Crippen MR) is 108 cm³/mol. The van der Waals surface area contributed by atoms with Crippen LogP contribution in [0.3, 0.4) is 0 Å². The Balaban J connectivity index is 1.46. The molecule has 170 valence electrons. The van der Waals surface area contributed by atoms with Crippen LogP contribution in [0, 0.1) is 5.82 Å². The summed E-state index contributed by atoms with van der Waals surface area (Å²) in [5.41, 5.74) is -0.0282. The van der Waals surface area contributed by atoms with Crippen molar-refractivity contribution in [3.63, 3.8) is 0 Å². The molecule has 1 N–H and O–H groups in total. The van der Waals surface area contributed by atoms with E-state index >= 15 is 0 Å². The Hall–Kier alpha value is -2.07. The second kappa shape index (κ2) is 10.0. The van der Waals surface area contributed by atoms with Crippen molar-refractivity contribution in [3.8, 4) is 0 Å². The lowest BCUT2D eigenvalue weighted by atomic mass is 9.94. The zero-order valence-electron chi connectivity index (χ0n) is 17.5. The number of ether oxygens (including phenoxy) is 3. The van der Waals surface area contributed by atoms with Gasteiger partial charge in [0.15, 0.2) is 0 Å². The average Bonchev–Trinajstić information content (AvgIpc) is 2.77. The SMILES string of the molecule is O=C(C[C@@H]1CC[C@H]2[C@@H](COC[C@@H](O)CN2C(=O)c2ccccc2F)O1)N1CCOCC1. The van der Waals surface area contributed by atoms with Crippen LogP contribution in [0.1, 0.15) is 29.6 Å². The Labute approximate surface area is 180 Å². The lowest BCUT2D eigenvalue weighted by Crippen LogP contribution is -2.57. The Morgan fingerprint density at radius 1 is 1.10 bits per heavy atom. The van der Waals surface area contributed by atoms with E-state index in [-0.39, 0.29) is 49.8 Å². The number of benzene rings is 1. The first-order valence-corrected chi connectivity index (χ1v) is 10.8. The summed E-state index contributed by atoms with van der Waals surface area (Å²) in [5, 5.41) is 10.2. The normalized spacial score (nSPS) is 29.6. The van der Waals surface area contributed by atoms with E-state index in [1.54, 1.807) is 11.0 Å². The van der Waals surface area contributed by atoms with Crippen LogP contribution in [0.15, 0.2) is 24.3 Å². The summed E-state index contributed by atoms with van der Waals surface area (Å²) in [5.74, 6) is -1.03. The van der Waals surface area contributed by atoms with Crippen molar-refractivity contribution < 1.29 is 33.3 Å². The monoisotopic (exact) mass is 436 g/mol. The number of fused-ring (bicyclic) bond motifs is 1. The molecule has 3 aliphatic heterocycles. The van der Waals surface area contributed by atoms with Gasteiger partial charge in [0.2, 0.25) is 5.91 Å². The Bertz CT molecular complexity index is 787. The van der Waals surface area contributed by atoms with Crippen LogP contribution >= 0.6 is 0 Å². The molecule has 0 unspecified atom stereocenters. The van der Waals surface area contributed by atoms with Gasteiger partial charge in [-0.05, 0) is 25.0 Å². The summed E-state index contributed by atoms with van der Waals surface area (Å²) in [7, 11) is 0. The largest absolute Gasteiger partial charge is 0.389 e. The highest BCUT2D eigenvalue weighted by Crippen LogP contribution is 2.29. The van der Waals surface area contributed by atoms with Gasteiger partial charge in [-0.2, -0.15) is 0 Å². The van der Waals surface area contributed by atoms with Gasteiger partial charge in [0.05, 0.1) is 56.7 Å². The fourth-order valence-corrected chi connectivity index (χ4v) is 4.50. The lowest BCUT2D eigenvalue weighted by molar-refractivity contribution is -0.157. The highest BCUT2D eigenvalue weighted by atomic mass is 19.1. The standard InChI is InChI=1S/C22H29FN2O6/c23-18-4-2-1-3-17(18)22(28)25-12-15(26)13-30-14-20-19(25)6-5-16(31-20)11-21(27)24-7-9-29-10-8-24/h1-4,15-16,19-20,26H,5-14H2/t15-,16-,19-,20+/m0/s1. The third-order valence-corrected chi connectivity index (χ3v) is 6.11. The smallest absolute Gasteiger partial charge is 0.257 e. The van der Waals surface area contributed by atoms with Crippen molar-refractivity contribution in [2.45, 2.75) is 43.6 Å². The van der Waals surface area contributed by atoms with E-state index in [2.05, 4.69) is 0 Å². The molecular formula is C22H29FN2O6. The number of nitrogens with zero attached hydrogens (tertiary/aromatic N) is 2. The van der Waals surface area contributed by atoms with Gasteiger partial charge in [0.25, 0.3) is 5.91 Å². The molecule has 3 saturated heterocycles. The third kappa shape index (κ3) is 5.23. The second-order valence-electron chi connectivity index (χ2n) is 8.27. The van der Waals surface area contributed by atoms with Crippen LogP contribution < -0.4 is 0 Å². The lowest BCUT2D eigenvalue weighted by Gasteiger charge is -2.44. The van der Waals surface area contributed by atoms with Crippen molar-refractivity contribution in [3.05, 3.63) is 35.6 Å². The van der Waals surface area contributed by atoms with Gasteiger partial charge in [-0.15, -0.1) is 0 Å². The Morgan fingerprint density at radius 2 is 1.87 bits per heavy atom. The summed E-state index contributed by atoms with van der Waals surface area (Å²) in [6, 6.07) is 5.48. The van der Waals surface area contributed by atoms with E-state index in [4.69, 9.17) is 14.2 Å². The molecule has 0 radical (unpaired) electrons. The molecule has 4 atom stereocenters. The minimum Gasteiger partial charge on any atom is -0.389 e. The number of aliphatic hydroxyl groups excluding tert-OH is 1. The van der Waals surface area contributed by atoms with Gasteiger partial charge in [-0.3, -0.25) is 9.59 Å². The first kappa shape index (κ1) is 22.1. The molecular weight excluding hydrogens is 407 g/mol. The van der Waals surface area contributed by atoms with E-state index in [1.807, 2.05) is 0 Å². The van der Waals surface area contributed by atoms with Gasteiger partial charge in [-0.25, -0.2) is 4.39 Å². The summed E-state index contributed by atoms with van der Waals surface area (Å²) in [4.78, 5) is 29.1. The quantitative estimate of drug-likeness (QED) is 0.755.